The summed E-state index contributed by atoms with van der Waals surface area (Å²) in [6, 6.07) is 13.5. The summed E-state index contributed by atoms with van der Waals surface area (Å²) in [5, 5.41) is 16.5. The Kier molecular flexibility index (Phi) is 5.46. The number of rotatable bonds is 7. The van der Waals surface area contributed by atoms with E-state index < -0.39 is 0 Å². The first-order chi connectivity index (χ1) is 11.8. The van der Waals surface area contributed by atoms with Crippen molar-refractivity contribution in [3.05, 3.63) is 70.8 Å². The lowest BCUT2D eigenvalue weighted by atomic mass is 10.0. The summed E-state index contributed by atoms with van der Waals surface area (Å²) < 4.78 is 5.38. The maximum atomic E-state index is 12.4. The van der Waals surface area contributed by atoms with E-state index in [1.807, 2.05) is 41.8 Å². The van der Waals surface area contributed by atoms with Gasteiger partial charge in [0.15, 0.2) is 5.76 Å². The maximum absolute atomic E-state index is 12.4. The monoisotopic (exact) mass is 341 g/mol. The SMILES string of the molecule is O=C(NC[C@H](CO)Cc1ccsc1)c1occc1-c1ccccc1. The summed E-state index contributed by atoms with van der Waals surface area (Å²) in [5.74, 6) is 0.0229. The number of furan rings is 1. The molecule has 0 aliphatic rings. The Morgan fingerprint density at radius 2 is 2.04 bits per heavy atom. The molecule has 124 valence electrons. The summed E-state index contributed by atoms with van der Waals surface area (Å²) >= 11 is 1.63. The van der Waals surface area contributed by atoms with Crippen LogP contribution in [0.1, 0.15) is 16.1 Å². The number of nitrogens with one attached hydrogen (secondary N) is 1. The fraction of sp³-hybridized carbons (Fsp3) is 0.211. The van der Waals surface area contributed by atoms with Gasteiger partial charge in [-0.2, -0.15) is 11.3 Å². The van der Waals surface area contributed by atoms with Crippen molar-refractivity contribution in [1.29, 1.82) is 0 Å². The Bertz CT molecular complexity index is 765. The molecule has 2 N–H and O–H groups in total. The molecule has 0 aliphatic carbocycles. The van der Waals surface area contributed by atoms with E-state index in [0.29, 0.717) is 12.3 Å². The van der Waals surface area contributed by atoms with Gasteiger partial charge in [0.05, 0.1) is 6.26 Å². The fourth-order valence-corrected chi connectivity index (χ4v) is 3.27. The Balaban J connectivity index is 1.64. The molecule has 3 rings (SSSR count). The molecular weight excluding hydrogens is 322 g/mol. The third-order valence-electron chi connectivity index (χ3n) is 3.87. The Morgan fingerprint density at radius 3 is 2.75 bits per heavy atom. The first kappa shape index (κ1) is 16.5. The summed E-state index contributed by atoms with van der Waals surface area (Å²) in [6.45, 7) is 0.430. The lowest BCUT2D eigenvalue weighted by Gasteiger charge is -2.14. The van der Waals surface area contributed by atoms with Gasteiger partial charge in [-0.25, -0.2) is 0 Å². The van der Waals surface area contributed by atoms with Crippen LogP contribution in [0, 0.1) is 5.92 Å². The molecule has 1 amide bonds. The molecule has 0 spiro atoms. The molecule has 0 saturated carbocycles. The average molecular weight is 341 g/mol. The van der Waals surface area contributed by atoms with Crippen molar-refractivity contribution < 1.29 is 14.3 Å². The van der Waals surface area contributed by atoms with Crippen LogP contribution in [0.4, 0.5) is 0 Å². The van der Waals surface area contributed by atoms with E-state index in [-0.39, 0.29) is 18.4 Å². The highest BCUT2D eigenvalue weighted by Gasteiger charge is 2.18. The Labute approximate surface area is 144 Å². The number of aliphatic hydroxyl groups excluding tert-OH is 1. The first-order valence-corrected chi connectivity index (χ1v) is 8.75. The number of hydrogen-bond acceptors (Lipinski definition) is 4. The molecule has 0 saturated heterocycles. The zero-order valence-electron chi connectivity index (χ0n) is 13.1. The van der Waals surface area contributed by atoms with Gasteiger partial charge in [0.2, 0.25) is 0 Å². The predicted molar refractivity (Wildman–Crippen MR) is 95.1 cm³/mol. The smallest absolute Gasteiger partial charge is 0.287 e. The molecule has 0 radical (unpaired) electrons. The van der Waals surface area contributed by atoms with Gasteiger partial charge in [0, 0.05) is 24.6 Å². The zero-order chi connectivity index (χ0) is 16.8. The number of thiophene rings is 1. The van der Waals surface area contributed by atoms with Gasteiger partial charge in [-0.1, -0.05) is 30.3 Å². The van der Waals surface area contributed by atoms with E-state index >= 15 is 0 Å². The molecule has 2 heterocycles. The van der Waals surface area contributed by atoms with Crippen LogP contribution in [-0.4, -0.2) is 24.2 Å². The Hall–Kier alpha value is -2.37. The number of carbonyl (C=O) groups excluding carboxylic acids is 1. The third-order valence-corrected chi connectivity index (χ3v) is 4.60. The molecular formula is C19H19NO3S. The first-order valence-electron chi connectivity index (χ1n) is 7.81. The van der Waals surface area contributed by atoms with Crippen LogP contribution in [0.2, 0.25) is 0 Å². The van der Waals surface area contributed by atoms with Crippen LogP contribution < -0.4 is 5.32 Å². The molecule has 1 atom stereocenters. The standard InChI is InChI=1S/C19H19NO3S/c21-12-15(10-14-7-9-24-13-14)11-20-19(22)18-17(6-8-23-18)16-4-2-1-3-5-16/h1-9,13,15,21H,10-12H2,(H,20,22)/t15-/m1/s1. The van der Waals surface area contributed by atoms with Gasteiger partial charge in [0.1, 0.15) is 0 Å². The second-order valence-corrected chi connectivity index (χ2v) is 6.40. The normalized spacial score (nSPS) is 12.0. The second-order valence-electron chi connectivity index (χ2n) is 5.62. The van der Waals surface area contributed by atoms with Crippen molar-refractivity contribution in [2.24, 2.45) is 5.92 Å². The lowest BCUT2D eigenvalue weighted by Crippen LogP contribution is -2.31. The van der Waals surface area contributed by atoms with Crippen LogP contribution in [0.25, 0.3) is 11.1 Å². The number of hydrogen-bond donors (Lipinski definition) is 2. The number of aliphatic hydroxyl groups is 1. The highest BCUT2D eigenvalue weighted by atomic mass is 32.1. The molecule has 0 fully saturated rings. The van der Waals surface area contributed by atoms with Crippen LogP contribution in [0.3, 0.4) is 0 Å². The number of benzene rings is 1. The lowest BCUT2D eigenvalue weighted by molar-refractivity contribution is 0.0913. The average Bonchev–Trinajstić information content (AvgIpc) is 3.30. The van der Waals surface area contributed by atoms with Crippen LogP contribution >= 0.6 is 11.3 Å². The molecule has 0 bridgehead atoms. The highest BCUT2D eigenvalue weighted by Crippen LogP contribution is 2.24. The largest absolute Gasteiger partial charge is 0.459 e. The fourth-order valence-electron chi connectivity index (χ4n) is 2.59. The van der Waals surface area contributed by atoms with Gasteiger partial charge >= 0.3 is 0 Å². The Morgan fingerprint density at radius 1 is 1.21 bits per heavy atom. The minimum Gasteiger partial charge on any atom is -0.459 e. The predicted octanol–water partition coefficient (Wildman–Crippen LogP) is 3.59. The molecule has 24 heavy (non-hydrogen) atoms. The van der Waals surface area contributed by atoms with Crippen molar-refractivity contribution >= 4 is 17.2 Å². The molecule has 1 aromatic carbocycles. The van der Waals surface area contributed by atoms with E-state index in [0.717, 1.165) is 17.5 Å². The van der Waals surface area contributed by atoms with Crippen molar-refractivity contribution in [2.75, 3.05) is 13.2 Å². The summed E-state index contributed by atoms with van der Waals surface area (Å²) in [7, 11) is 0. The molecule has 4 nitrogen and oxygen atoms in total. The number of amides is 1. The van der Waals surface area contributed by atoms with E-state index in [4.69, 9.17) is 4.42 Å². The summed E-state index contributed by atoms with van der Waals surface area (Å²) in [6.07, 6.45) is 2.26. The topological polar surface area (TPSA) is 62.5 Å². The van der Waals surface area contributed by atoms with Gasteiger partial charge in [0.25, 0.3) is 5.91 Å². The van der Waals surface area contributed by atoms with Crippen LogP contribution in [0.5, 0.6) is 0 Å². The van der Waals surface area contributed by atoms with E-state index in [1.54, 1.807) is 17.4 Å². The zero-order valence-corrected chi connectivity index (χ0v) is 14.0. The second kappa shape index (κ2) is 7.95. The molecule has 5 heteroatoms. The molecule has 2 aromatic heterocycles. The minimum absolute atomic E-state index is 0.0151. The minimum atomic E-state index is -0.261. The van der Waals surface area contributed by atoms with Crippen LogP contribution in [-0.2, 0) is 6.42 Å². The van der Waals surface area contributed by atoms with Gasteiger partial charge in [-0.15, -0.1) is 0 Å². The van der Waals surface area contributed by atoms with Crippen molar-refractivity contribution in [2.45, 2.75) is 6.42 Å². The van der Waals surface area contributed by atoms with Crippen LogP contribution in [0.15, 0.2) is 63.9 Å². The molecule has 0 unspecified atom stereocenters. The van der Waals surface area contributed by atoms with Gasteiger partial charge in [-0.3, -0.25) is 4.79 Å². The molecule has 0 aliphatic heterocycles. The van der Waals surface area contributed by atoms with Crippen molar-refractivity contribution in [3.8, 4) is 11.1 Å². The maximum Gasteiger partial charge on any atom is 0.287 e. The quantitative estimate of drug-likeness (QED) is 0.690. The van der Waals surface area contributed by atoms with E-state index in [2.05, 4.69) is 10.7 Å². The highest BCUT2D eigenvalue weighted by molar-refractivity contribution is 7.07. The third kappa shape index (κ3) is 3.93. The summed E-state index contributed by atoms with van der Waals surface area (Å²) in [5.41, 5.74) is 2.89. The van der Waals surface area contributed by atoms with Gasteiger partial charge in [-0.05, 0) is 40.4 Å². The number of carbonyl (C=O) groups is 1. The summed E-state index contributed by atoms with van der Waals surface area (Å²) in [4.78, 5) is 12.4. The van der Waals surface area contributed by atoms with E-state index in [9.17, 15) is 9.90 Å². The van der Waals surface area contributed by atoms with Gasteiger partial charge < -0.3 is 14.8 Å². The van der Waals surface area contributed by atoms with Crippen molar-refractivity contribution in [3.63, 3.8) is 0 Å². The molecule has 3 aromatic rings. The van der Waals surface area contributed by atoms with Crippen molar-refractivity contribution in [1.82, 2.24) is 5.32 Å². The van der Waals surface area contributed by atoms with E-state index in [1.165, 1.54) is 11.8 Å².